The molecule has 0 saturated carbocycles. The predicted molar refractivity (Wildman–Crippen MR) is 117 cm³/mol. The van der Waals surface area contributed by atoms with Crippen LogP contribution in [0.2, 0.25) is 10.0 Å². The number of rotatable bonds is 6. The van der Waals surface area contributed by atoms with Crippen LogP contribution in [0.3, 0.4) is 0 Å². The van der Waals surface area contributed by atoms with Crippen LogP contribution in [-0.4, -0.2) is 21.8 Å². The van der Waals surface area contributed by atoms with Crippen LogP contribution in [-0.2, 0) is 7.05 Å². The lowest BCUT2D eigenvalue weighted by molar-refractivity contribution is -0.156. The van der Waals surface area contributed by atoms with Gasteiger partial charge in [-0.05, 0) is 47.9 Å². The summed E-state index contributed by atoms with van der Waals surface area (Å²) < 4.78 is 49.0. The molecule has 0 amide bonds. The van der Waals surface area contributed by atoms with Crippen molar-refractivity contribution in [1.29, 1.82) is 5.26 Å². The number of ether oxygens (including phenoxy) is 1. The minimum Gasteiger partial charge on any atom is -0.478 e. The first-order valence-corrected chi connectivity index (χ1v) is 10.3. The lowest BCUT2D eigenvalue weighted by atomic mass is 9.84. The average Bonchev–Trinajstić information content (AvgIpc) is 3.07. The zero-order chi connectivity index (χ0) is 24.5. The topological polar surface area (TPSA) is 75.2 Å². The number of aromatic carboxylic acids is 1. The Hall–Kier alpha value is -3.15. The summed E-state index contributed by atoms with van der Waals surface area (Å²) in [6, 6.07) is 12.8. The van der Waals surface area contributed by atoms with Gasteiger partial charge < -0.3 is 14.4 Å². The molecule has 2 aromatic carbocycles. The Bertz CT molecular complexity index is 1250. The Balaban J connectivity index is 1.91. The van der Waals surface area contributed by atoms with E-state index in [0.717, 1.165) is 0 Å². The highest BCUT2D eigenvalue weighted by Crippen LogP contribution is 2.47. The van der Waals surface area contributed by atoms with Crippen LogP contribution in [0, 0.1) is 11.3 Å². The van der Waals surface area contributed by atoms with Gasteiger partial charge in [0.1, 0.15) is 29.2 Å². The zero-order valence-electron chi connectivity index (χ0n) is 17.3. The van der Waals surface area contributed by atoms with E-state index in [9.17, 15) is 18.0 Å². The smallest absolute Gasteiger partial charge is 0.397 e. The highest BCUT2D eigenvalue weighted by atomic mass is 35.5. The Morgan fingerprint density at radius 2 is 1.70 bits per heavy atom. The number of hydrogen-bond donors (Lipinski definition) is 1. The Labute approximate surface area is 197 Å². The first-order chi connectivity index (χ1) is 15.4. The zero-order valence-corrected chi connectivity index (χ0v) is 18.8. The van der Waals surface area contributed by atoms with Crippen molar-refractivity contribution in [2.24, 2.45) is 7.05 Å². The van der Waals surface area contributed by atoms with Crippen LogP contribution in [0.1, 0.15) is 46.1 Å². The number of nitrogens with zero attached hydrogens (tertiary/aromatic N) is 2. The molecular weight excluding hydrogens is 480 g/mol. The second kappa shape index (κ2) is 9.38. The second-order valence-electron chi connectivity index (χ2n) is 7.35. The fourth-order valence-electron chi connectivity index (χ4n) is 3.65. The third kappa shape index (κ3) is 5.10. The molecule has 0 fully saturated rings. The largest absolute Gasteiger partial charge is 0.478 e. The molecule has 172 valence electrons. The van der Waals surface area contributed by atoms with Gasteiger partial charge in [0, 0.05) is 23.8 Å². The number of carboxylic acid groups (broad SMARTS) is 1. The van der Waals surface area contributed by atoms with E-state index in [4.69, 9.17) is 38.3 Å². The average molecular weight is 497 g/mol. The molecule has 0 saturated heterocycles. The van der Waals surface area contributed by atoms with E-state index in [1.807, 2.05) is 6.07 Å². The second-order valence-corrected chi connectivity index (χ2v) is 8.17. The quantitative estimate of drug-likeness (QED) is 0.393. The van der Waals surface area contributed by atoms with Crippen molar-refractivity contribution in [3.05, 3.63) is 81.1 Å². The number of carbonyl (C=O) groups is 1. The van der Waals surface area contributed by atoms with Crippen molar-refractivity contribution in [3.63, 3.8) is 0 Å². The molecule has 1 heterocycles. The maximum atomic E-state index is 14.0. The lowest BCUT2D eigenvalue weighted by Gasteiger charge is -2.28. The molecule has 1 aromatic heterocycles. The van der Waals surface area contributed by atoms with E-state index in [1.54, 1.807) is 0 Å². The molecule has 3 aromatic rings. The van der Waals surface area contributed by atoms with Gasteiger partial charge >= 0.3 is 12.1 Å². The SMILES string of the molecule is CC(c1ccc(Oc2ccc(C(=O)O)c(Cl)c2)cc1Cl)[C@@H](c1ccc(C#N)n1C)C(F)(F)F. The van der Waals surface area contributed by atoms with E-state index < -0.39 is 24.0 Å². The molecule has 0 bridgehead atoms. The van der Waals surface area contributed by atoms with Gasteiger partial charge in [0.25, 0.3) is 0 Å². The first kappa shape index (κ1) is 24.5. The van der Waals surface area contributed by atoms with Gasteiger partial charge in [-0.3, -0.25) is 0 Å². The van der Waals surface area contributed by atoms with Gasteiger partial charge in [-0.1, -0.05) is 36.2 Å². The summed E-state index contributed by atoms with van der Waals surface area (Å²) in [7, 11) is 1.42. The summed E-state index contributed by atoms with van der Waals surface area (Å²) in [4.78, 5) is 11.1. The summed E-state index contributed by atoms with van der Waals surface area (Å²) in [6.45, 7) is 1.42. The van der Waals surface area contributed by atoms with Crippen LogP contribution in [0.15, 0.2) is 48.5 Å². The van der Waals surface area contributed by atoms with Crippen LogP contribution < -0.4 is 4.74 Å². The van der Waals surface area contributed by atoms with Gasteiger partial charge in [0.15, 0.2) is 0 Å². The maximum Gasteiger partial charge on any atom is 0.397 e. The molecular formula is C23H17Cl2F3N2O3. The summed E-state index contributed by atoms with van der Waals surface area (Å²) in [5.74, 6) is -3.66. The molecule has 0 spiro atoms. The summed E-state index contributed by atoms with van der Waals surface area (Å²) in [5.41, 5.74) is 0.236. The van der Waals surface area contributed by atoms with E-state index in [2.05, 4.69) is 0 Å². The van der Waals surface area contributed by atoms with E-state index in [1.165, 1.54) is 67.1 Å². The molecule has 10 heteroatoms. The number of hydrogen-bond acceptors (Lipinski definition) is 3. The highest BCUT2D eigenvalue weighted by molar-refractivity contribution is 6.33. The lowest BCUT2D eigenvalue weighted by Crippen LogP contribution is -2.28. The highest BCUT2D eigenvalue weighted by Gasteiger charge is 2.46. The monoisotopic (exact) mass is 496 g/mol. The molecule has 0 aliphatic heterocycles. The Morgan fingerprint density at radius 1 is 1.09 bits per heavy atom. The fraction of sp³-hybridized carbons (Fsp3) is 0.217. The molecule has 1 unspecified atom stereocenters. The van der Waals surface area contributed by atoms with Gasteiger partial charge in [0.05, 0.1) is 10.6 Å². The minimum atomic E-state index is -4.58. The number of alkyl halides is 3. The number of nitriles is 1. The molecule has 2 atom stereocenters. The molecule has 5 nitrogen and oxygen atoms in total. The van der Waals surface area contributed by atoms with E-state index in [0.29, 0.717) is 0 Å². The fourth-order valence-corrected chi connectivity index (χ4v) is 4.24. The van der Waals surface area contributed by atoms with Gasteiger partial charge in [0.2, 0.25) is 0 Å². The van der Waals surface area contributed by atoms with Crippen molar-refractivity contribution in [1.82, 2.24) is 4.57 Å². The van der Waals surface area contributed by atoms with Crippen LogP contribution in [0.25, 0.3) is 0 Å². The van der Waals surface area contributed by atoms with E-state index in [-0.39, 0.29) is 44.1 Å². The van der Waals surface area contributed by atoms with Crippen LogP contribution in [0.4, 0.5) is 13.2 Å². The summed E-state index contributed by atoms with van der Waals surface area (Å²) in [6.07, 6.45) is -4.58. The Morgan fingerprint density at radius 3 is 2.18 bits per heavy atom. The molecule has 1 N–H and O–H groups in total. The number of benzene rings is 2. The van der Waals surface area contributed by atoms with Crippen molar-refractivity contribution >= 4 is 29.2 Å². The normalized spacial score (nSPS) is 13.3. The van der Waals surface area contributed by atoms with E-state index >= 15 is 0 Å². The van der Waals surface area contributed by atoms with Crippen LogP contribution >= 0.6 is 23.2 Å². The minimum absolute atomic E-state index is 0.0244. The molecule has 33 heavy (non-hydrogen) atoms. The van der Waals surface area contributed by atoms with Gasteiger partial charge in [-0.25, -0.2) is 4.79 Å². The first-order valence-electron chi connectivity index (χ1n) is 9.56. The maximum absolute atomic E-state index is 14.0. The summed E-state index contributed by atoms with van der Waals surface area (Å²) in [5, 5.41) is 18.2. The molecule has 0 aliphatic carbocycles. The van der Waals surface area contributed by atoms with Crippen molar-refractivity contribution in [2.45, 2.75) is 24.9 Å². The van der Waals surface area contributed by atoms with Crippen molar-refractivity contribution in [3.8, 4) is 17.6 Å². The summed E-state index contributed by atoms with van der Waals surface area (Å²) >= 11 is 12.3. The number of halogens is 5. The third-order valence-electron chi connectivity index (χ3n) is 5.32. The predicted octanol–water partition coefficient (Wildman–Crippen LogP) is 7.14. The van der Waals surface area contributed by atoms with Crippen molar-refractivity contribution < 1.29 is 27.8 Å². The number of aromatic nitrogens is 1. The van der Waals surface area contributed by atoms with Crippen LogP contribution in [0.5, 0.6) is 11.5 Å². The molecule has 0 radical (unpaired) electrons. The molecule has 0 aliphatic rings. The standard InChI is InChI=1S/C23H17Cl2F3N2O3/c1-12(21(23(26,27)28)20-8-3-13(11-29)30(20)2)16-6-4-14(9-18(16)24)33-15-5-7-17(22(31)32)19(25)10-15/h3-10,12,21H,1-2H3,(H,31,32)/t12?,21-/m0/s1. The van der Waals surface area contributed by atoms with Gasteiger partial charge in [-0.15, -0.1) is 0 Å². The third-order valence-corrected chi connectivity index (χ3v) is 5.96. The molecule has 3 rings (SSSR count). The number of carboxylic acids is 1. The Kier molecular flexibility index (Phi) is 6.96. The van der Waals surface area contributed by atoms with Crippen molar-refractivity contribution in [2.75, 3.05) is 0 Å². The van der Waals surface area contributed by atoms with Gasteiger partial charge in [-0.2, -0.15) is 18.4 Å².